The Labute approximate surface area is 95.3 Å². The molecule has 1 saturated heterocycles. The molecule has 16 heavy (non-hydrogen) atoms. The van der Waals surface area contributed by atoms with E-state index >= 15 is 0 Å². The molecule has 0 aliphatic carbocycles. The molecule has 86 valence electrons. The molecule has 0 amide bonds. The second-order valence-electron chi connectivity index (χ2n) is 4.36. The highest BCUT2D eigenvalue weighted by Crippen LogP contribution is 2.18. The van der Waals surface area contributed by atoms with Crippen molar-refractivity contribution in [2.75, 3.05) is 18.0 Å². The van der Waals surface area contributed by atoms with Crippen molar-refractivity contribution in [3.8, 4) is 0 Å². The van der Waals surface area contributed by atoms with Crippen molar-refractivity contribution in [2.24, 2.45) is 5.92 Å². The highest BCUT2D eigenvalue weighted by atomic mass is 16.4. The smallest absolute Gasteiger partial charge is 0.423 e. The largest absolute Gasteiger partial charge is 0.491 e. The lowest BCUT2D eigenvalue weighted by Crippen LogP contribution is -2.36. The van der Waals surface area contributed by atoms with Crippen LogP contribution in [-0.4, -0.2) is 40.2 Å². The van der Waals surface area contributed by atoms with Gasteiger partial charge in [-0.2, -0.15) is 0 Å². The van der Waals surface area contributed by atoms with Gasteiger partial charge >= 0.3 is 7.12 Å². The maximum absolute atomic E-state index is 8.92. The summed E-state index contributed by atoms with van der Waals surface area (Å²) in [6.07, 6.45) is 5.25. The number of rotatable bonds is 2. The minimum absolute atomic E-state index is 0.328. The molecule has 0 bridgehead atoms. The summed E-state index contributed by atoms with van der Waals surface area (Å²) in [7, 11) is -1.49. The quantitative estimate of drug-likeness (QED) is 0.652. The van der Waals surface area contributed by atoms with Gasteiger partial charge in [-0.3, -0.25) is 0 Å². The van der Waals surface area contributed by atoms with Gasteiger partial charge in [-0.1, -0.05) is 6.92 Å². The Morgan fingerprint density at radius 3 is 2.31 bits per heavy atom. The molecule has 6 heteroatoms. The van der Waals surface area contributed by atoms with Crippen molar-refractivity contribution in [1.29, 1.82) is 0 Å². The second kappa shape index (κ2) is 4.80. The molecule has 2 N–H and O–H groups in total. The van der Waals surface area contributed by atoms with Crippen LogP contribution in [0.2, 0.25) is 0 Å². The first-order chi connectivity index (χ1) is 7.66. The second-order valence-corrected chi connectivity index (χ2v) is 4.36. The normalized spacial score (nSPS) is 17.6. The zero-order chi connectivity index (χ0) is 11.5. The standard InChI is InChI=1S/C10H16BN3O2/c1-8-2-4-14(5-3-8)10-12-6-9(7-13-10)11(15)16/h6-8,15-16H,2-5H2,1H3. The summed E-state index contributed by atoms with van der Waals surface area (Å²) in [5.41, 5.74) is 0.328. The summed E-state index contributed by atoms with van der Waals surface area (Å²) in [5.74, 6) is 1.45. The first-order valence-corrected chi connectivity index (χ1v) is 5.60. The number of hydrogen-bond donors (Lipinski definition) is 2. The first kappa shape index (κ1) is 11.4. The van der Waals surface area contributed by atoms with E-state index in [0.29, 0.717) is 11.4 Å². The molecule has 1 aromatic rings. The monoisotopic (exact) mass is 221 g/mol. The van der Waals surface area contributed by atoms with Gasteiger partial charge in [0.25, 0.3) is 0 Å². The number of anilines is 1. The fourth-order valence-electron chi connectivity index (χ4n) is 1.84. The third kappa shape index (κ3) is 2.51. The molecule has 1 aliphatic rings. The molecule has 0 aromatic carbocycles. The number of piperidine rings is 1. The Morgan fingerprint density at radius 2 is 1.81 bits per heavy atom. The van der Waals surface area contributed by atoms with Crippen molar-refractivity contribution in [1.82, 2.24) is 9.97 Å². The third-order valence-electron chi connectivity index (χ3n) is 3.02. The average Bonchev–Trinajstić information content (AvgIpc) is 2.30. The molecule has 0 spiro atoms. The van der Waals surface area contributed by atoms with Crippen LogP contribution in [0.4, 0.5) is 5.95 Å². The molecule has 0 radical (unpaired) electrons. The minimum atomic E-state index is -1.49. The van der Waals surface area contributed by atoms with Gasteiger partial charge in [0.05, 0.1) is 0 Å². The molecule has 0 unspecified atom stereocenters. The Morgan fingerprint density at radius 1 is 1.25 bits per heavy atom. The maximum atomic E-state index is 8.92. The van der Waals surface area contributed by atoms with Crippen molar-refractivity contribution in [2.45, 2.75) is 19.8 Å². The number of nitrogens with zero attached hydrogens (tertiary/aromatic N) is 3. The third-order valence-corrected chi connectivity index (χ3v) is 3.02. The van der Waals surface area contributed by atoms with Crippen LogP contribution < -0.4 is 10.4 Å². The van der Waals surface area contributed by atoms with Crippen LogP contribution in [0.3, 0.4) is 0 Å². The molecule has 1 aliphatic heterocycles. The predicted molar refractivity (Wildman–Crippen MR) is 62.5 cm³/mol. The summed E-state index contributed by atoms with van der Waals surface area (Å²) >= 11 is 0. The predicted octanol–water partition coefficient (Wildman–Crippen LogP) is -0.607. The van der Waals surface area contributed by atoms with Crippen LogP contribution in [0, 0.1) is 5.92 Å². The van der Waals surface area contributed by atoms with Crippen molar-refractivity contribution in [3.05, 3.63) is 12.4 Å². The number of aromatic nitrogens is 2. The Kier molecular flexibility index (Phi) is 3.41. The maximum Gasteiger partial charge on any atom is 0.491 e. The van der Waals surface area contributed by atoms with Gasteiger partial charge in [0.2, 0.25) is 5.95 Å². The highest BCUT2D eigenvalue weighted by molar-refractivity contribution is 6.58. The van der Waals surface area contributed by atoms with Crippen molar-refractivity contribution < 1.29 is 10.0 Å². The van der Waals surface area contributed by atoms with Gasteiger partial charge in [0, 0.05) is 30.9 Å². The topological polar surface area (TPSA) is 69.5 Å². The zero-order valence-electron chi connectivity index (χ0n) is 9.37. The van der Waals surface area contributed by atoms with Gasteiger partial charge in [-0.15, -0.1) is 0 Å². The highest BCUT2D eigenvalue weighted by Gasteiger charge is 2.18. The molecular formula is C10H16BN3O2. The molecule has 1 aromatic heterocycles. The fraction of sp³-hybridized carbons (Fsp3) is 0.600. The van der Waals surface area contributed by atoms with Crippen LogP contribution in [0.25, 0.3) is 0 Å². The van der Waals surface area contributed by atoms with Crippen LogP contribution in [0.1, 0.15) is 19.8 Å². The van der Waals surface area contributed by atoms with Gasteiger partial charge in [0.1, 0.15) is 0 Å². The van der Waals surface area contributed by atoms with E-state index in [1.807, 2.05) is 0 Å². The Bertz CT molecular complexity index is 336. The summed E-state index contributed by atoms with van der Waals surface area (Å²) < 4.78 is 0. The molecule has 0 saturated carbocycles. The number of hydrogen-bond acceptors (Lipinski definition) is 5. The lowest BCUT2D eigenvalue weighted by atomic mass is 9.83. The van der Waals surface area contributed by atoms with Crippen LogP contribution in [-0.2, 0) is 0 Å². The van der Waals surface area contributed by atoms with E-state index in [1.165, 1.54) is 12.4 Å². The van der Waals surface area contributed by atoms with Gasteiger partial charge in [-0.05, 0) is 18.8 Å². The van der Waals surface area contributed by atoms with Crippen molar-refractivity contribution >= 4 is 18.5 Å². The van der Waals surface area contributed by atoms with Crippen LogP contribution in [0.5, 0.6) is 0 Å². The Hall–Kier alpha value is -1.14. The van der Waals surface area contributed by atoms with Gasteiger partial charge in [-0.25, -0.2) is 9.97 Å². The van der Waals surface area contributed by atoms with Crippen LogP contribution in [0.15, 0.2) is 12.4 Å². The van der Waals surface area contributed by atoms with E-state index in [1.54, 1.807) is 0 Å². The minimum Gasteiger partial charge on any atom is -0.423 e. The summed E-state index contributed by atoms with van der Waals surface area (Å²) in [4.78, 5) is 10.4. The molecular weight excluding hydrogens is 205 g/mol. The fourth-order valence-corrected chi connectivity index (χ4v) is 1.84. The molecule has 2 heterocycles. The van der Waals surface area contributed by atoms with E-state index in [-0.39, 0.29) is 0 Å². The van der Waals surface area contributed by atoms with E-state index in [2.05, 4.69) is 21.8 Å². The van der Waals surface area contributed by atoms with Crippen LogP contribution >= 0.6 is 0 Å². The first-order valence-electron chi connectivity index (χ1n) is 5.60. The SMILES string of the molecule is CC1CCN(c2ncc(B(O)O)cn2)CC1. The lowest BCUT2D eigenvalue weighted by molar-refractivity contribution is 0.425. The van der Waals surface area contributed by atoms with E-state index < -0.39 is 7.12 Å². The molecule has 1 fully saturated rings. The van der Waals surface area contributed by atoms with E-state index in [9.17, 15) is 0 Å². The lowest BCUT2D eigenvalue weighted by Gasteiger charge is -2.30. The molecule has 0 atom stereocenters. The summed E-state index contributed by atoms with van der Waals surface area (Å²) in [6, 6.07) is 0. The van der Waals surface area contributed by atoms with Gasteiger partial charge in [0.15, 0.2) is 0 Å². The van der Waals surface area contributed by atoms with E-state index in [4.69, 9.17) is 10.0 Å². The van der Waals surface area contributed by atoms with E-state index in [0.717, 1.165) is 31.8 Å². The molecule has 5 nitrogen and oxygen atoms in total. The summed E-state index contributed by atoms with van der Waals surface area (Å²) in [6.45, 7) is 4.20. The van der Waals surface area contributed by atoms with Gasteiger partial charge < -0.3 is 14.9 Å². The summed E-state index contributed by atoms with van der Waals surface area (Å²) in [5, 5.41) is 17.8. The van der Waals surface area contributed by atoms with Crippen molar-refractivity contribution in [3.63, 3.8) is 0 Å². The molecule has 2 rings (SSSR count). The Balaban J connectivity index is 2.04. The average molecular weight is 221 g/mol. The zero-order valence-corrected chi connectivity index (χ0v) is 9.37.